The lowest BCUT2D eigenvalue weighted by molar-refractivity contribution is -0.143. The summed E-state index contributed by atoms with van der Waals surface area (Å²) in [4.78, 5) is 27.4. The molecular weight excluding hydrogens is 290 g/mol. The van der Waals surface area contributed by atoms with Gasteiger partial charge in [0.15, 0.2) is 6.61 Å². The summed E-state index contributed by atoms with van der Waals surface area (Å²) in [6, 6.07) is 4.92. The average Bonchev–Trinajstić information content (AvgIpc) is 2.38. The Morgan fingerprint density at radius 2 is 1.85 bits per heavy atom. The van der Waals surface area contributed by atoms with Crippen molar-refractivity contribution in [1.82, 2.24) is 4.89 Å². The van der Waals surface area contributed by atoms with Crippen molar-refractivity contribution in [3.63, 3.8) is 0 Å². The predicted molar refractivity (Wildman–Crippen MR) is 66.3 cm³/mol. The molecule has 0 saturated heterocycles. The van der Waals surface area contributed by atoms with Crippen LogP contribution in [0.3, 0.4) is 0 Å². The number of carbonyl (C=O) groups is 2. The van der Waals surface area contributed by atoms with Crippen LogP contribution in [-0.4, -0.2) is 38.7 Å². The number of esters is 1. The molecule has 110 valence electrons. The number of hydrogen-bond acceptors (Lipinski definition) is 6. The van der Waals surface area contributed by atoms with E-state index in [0.717, 1.165) is 0 Å². The highest BCUT2D eigenvalue weighted by molar-refractivity contribution is 7.89. The van der Waals surface area contributed by atoms with Crippen LogP contribution in [0.5, 0.6) is 0 Å². The maximum Gasteiger partial charge on any atom is 0.338 e. The van der Waals surface area contributed by atoms with E-state index in [1.807, 2.05) is 0 Å². The van der Waals surface area contributed by atoms with Gasteiger partial charge in [0.1, 0.15) is 0 Å². The van der Waals surface area contributed by atoms with Crippen LogP contribution in [0.4, 0.5) is 0 Å². The molecule has 0 aliphatic carbocycles. The second-order valence-electron chi connectivity index (χ2n) is 3.51. The summed E-state index contributed by atoms with van der Waals surface area (Å²) < 4.78 is 28.1. The van der Waals surface area contributed by atoms with Gasteiger partial charge in [-0.15, -0.1) is 0 Å². The zero-order valence-corrected chi connectivity index (χ0v) is 11.3. The van der Waals surface area contributed by atoms with Gasteiger partial charge in [-0.3, -0.25) is 4.84 Å². The Kier molecular flexibility index (Phi) is 5.62. The number of benzene rings is 1. The van der Waals surface area contributed by atoms with Crippen molar-refractivity contribution < 1.29 is 32.7 Å². The first-order valence-corrected chi connectivity index (χ1v) is 6.97. The SMILES string of the molecule is CCOC(=O)c1ccc(S(=O)(=O)NOCC(=O)O)cc1. The first-order chi connectivity index (χ1) is 9.36. The Labute approximate surface area is 115 Å². The molecule has 0 atom stereocenters. The number of aliphatic carboxylic acids is 1. The monoisotopic (exact) mass is 303 g/mol. The van der Waals surface area contributed by atoms with Gasteiger partial charge in [0, 0.05) is 0 Å². The molecule has 2 N–H and O–H groups in total. The highest BCUT2D eigenvalue weighted by atomic mass is 32.2. The normalized spacial score (nSPS) is 11.1. The molecule has 8 nitrogen and oxygen atoms in total. The lowest BCUT2D eigenvalue weighted by atomic mass is 10.2. The van der Waals surface area contributed by atoms with Crippen LogP contribution < -0.4 is 4.89 Å². The third-order valence-corrected chi connectivity index (χ3v) is 3.27. The number of sulfonamides is 1. The lowest BCUT2D eigenvalue weighted by Gasteiger charge is -2.06. The fraction of sp³-hybridized carbons (Fsp3) is 0.273. The summed E-state index contributed by atoms with van der Waals surface area (Å²) in [7, 11) is -4.00. The van der Waals surface area contributed by atoms with Crippen LogP contribution in [0.25, 0.3) is 0 Å². The van der Waals surface area contributed by atoms with E-state index in [1.165, 1.54) is 24.3 Å². The van der Waals surface area contributed by atoms with Crippen LogP contribution in [0, 0.1) is 0 Å². The standard InChI is InChI=1S/C11H13NO7S/c1-2-18-11(15)8-3-5-9(6-4-8)20(16,17)12-19-7-10(13)14/h3-6,12H,2,7H2,1H3,(H,13,14). The summed E-state index contributed by atoms with van der Waals surface area (Å²) in [6.45, 7) is 1.06. The van der Waals surface area contributed by atoms with Gasteiger partial charge in [0.2, 0.25) is 0 Å². The van der Waals surface area contributed by atoms with Crippen LogP contribution >= 0.6 is 0 Å². The van der Waals surface area contributed by atoms with Crippen molar-refractivity contribution >= 4 is 22.0 Å². The molecule has 1 rings (SSSR count). The van der Waals surface area contributed by atoms with Crippen molar-refractivity contribution in [3.05, 3.63) is 29.8 Å². The second-order valence-corrected chi connectivity index (χ2v) is 5.16. The van der Waals surface area contributed by atoms with Crippen molar-refractivity contribution in [2.24, 2.45) is 0 Å². The van der Waals surface area contributed by atoms with E-state index in [2.05, 4.69) is 4.84 Å². The third-order valence-electron chi connectivity index (χ3n) is 2.04. The van der Waals surface area contributed by atoms with Gasteiger partial charge in [-0.1, -0.05) is 4.89 Å². The summed E-state index contributed by atoms with van der Waals surface area (Å²) in [6.07, 6.45) is 0. The summed E-state index contributed by atoms with van der Waals surface area (Å²) in [5.74, 6) is -1.88. The zero-order valence-electron chi connectivity index (χ0n) is 10.5. The molecule has 0 heterocycles. The number of carbonyl (C=O) groups excluding carboxylic acids is 1. The van der Waals surface area contributed by atoms with Gasteiger partial charge >= 0.3 is 11.9 Å². The van der Waals surface area contributed by atoms with E-state index in [9.17, 15) is 18.0 Å². The molecule has 9 heteroatoms. The zero-order chi connectivity index (χ0) is 15.2. The molecule has 1 aromatic rings. The van der Waals surface area contributed by atoms with Crippen molar-refractivity contribution in [1.29, 1.82) is 0 Å². The number of rotatable bonds is 7. The maximum atomic E-state index is 11.7. The van der Waals surface area contributed by atoms with Gasteiger partial charge < -0.3 is 9.84 Å². The van der Waals surface area contributed by atoms with Crippen molar-refractivity contribution in [3.8, 4) is 0 Å². The lowest BCUT2D eigenvalue weighted by Crippen LogP contribution is -2.26. The molecule has 0 amide bonds. The molecule has 0 saturated carbocycles. The highest BCUT2D eigenvalue weighted by Gasteiger charge is 2.16. The summed E-state index contributed by atoms with van der Waals surface area (Å²) >= 11 is 0. The summed E-state index contributed by atoms with van der Waals surface area (Å²) in [5, 5.41) is 8.32. The summed E-state index contributed by atoms with van der Waals surface area (Å²) in [5.41, 5.74) is 0.206. The molecular formula is C11H13NO7S. The number of ether oxygens (including phenoxy) is 1. The molecule has 20 heavy (non-hydrogen) atoms. The average molecular weight is 303 g/mol. The largest absolute Gasteiger partial charge is 0.479 e. The third kappa shape index (κ3) is 4.61. The number of carboxylic acids is 1. The molecule has 0 aliphatic heterocycles. The van der Waals surface area contributed by atoms with Crippen LogP contribution in [-0.2, 0) is 24.4 Å². The predicted octanol–water partition coefficient (Wildman–Crippen LogP) is 0.158. The van der Waals surface area contributed by atoms with Gasteiger partial charge in [0.05, 0.1) is 17.1 Å². The smallest absolute Gasteiger partial charge is 0.338 e. The first-order valence-electron chi connectivity index (χ1n) is 5.49. The first kappa shape index (κ1) is 16.1. The van der Waals surface area contributed by atoms with E-state index in [0.29, 0.717) is 0 Å². The number of nitrogens with one attached hydrogen (secondary N) is 1. The topological polar surface area (TPSA) is 119 Å². The van der Waals surface area contributed by atoms with Gasteiger partial charge in [-0.25, -0.2) is 18.0 Å². The van der Waals surface area contributed by atoms with Crippen LogP contribution in [0.1, 0.15) is 17.3 Å². The van der Waals surface area contributed by atoms with Gasteiger partial charge in [-0.05, 0) is 31.2 Å². The van der Waals surface area contributed by atoms with E-state index in [1.54, 1.807) is 11.8 Å². The second kappa shape index (κ2) is 6.98. The van der Waals surface area contributed by atoms with E-state index in [4.69, 9.17) is 9.84 Å². The highest BCUT2D eigenvalue weighted by Crippen LogP contribution is 2.11. The van der Waals surface area contributed by atoms with Crippen molar-refractivity contribution in [2.75, 3.05) is 13.2 Å². The van der Waals surface area contributed by atoms with Gasteiger partial charge in [-0.2, -0.15) is 0 Å². The Morgan fingerprint density at radius 3 is 2.35 bits per heavy atom. The maximum absolute atomic E-state index is 11.7. The van der Waals surface area contributed by atoms with E-state index in [-0.39, 0.29) is 17.1 Å². The molecule has 0 bridgehead atoms. The van der Waals surface area contributed by atoms with Crippen LogP contribution in [0.2, 0.25) is 0 Å². The number of hydrogen-bond donors (Lipinski definition) is 2. The Bertz CT molecular complexity index is 579. The molecule has 0 fully saturated rings. The number of carboxylic acid groups (broad SMARTS) is 1. The van der Waals surface area contributed by atoms with Gasteiger partial charge in [0.25, 0.3) is 10.0 Å². The van der Waals surface area contributed by atoms with Crippen molar-refractivity contribution in [2.45, 2.75) is 11.8 Å². The van der Waals surface area contributed by atoms with Crippen LogP contribution in [0.15, 0.2) is 29.2 Å². The molecule has 0 aliphatic rings. The molecule has 0 unspecified atom stereocenters. The Hall–Kier alpha value is -1.97. The minimum atomic E-state index is -4.00. The molecule has 0 spiro atoms. The van der Waals surface area contributed by atoms with E-state index >= 15 is 0 Å². The Morgan fingerprint density at radius 1 is 1.25 bits per heavy atom. The quantitative estimate of drug-likeness (QED) is 0.544. The fourth-order valence-corrected chi connectivity index (χ4v) is 2.01. The minimum Gasteiger partial charge on any atom is -0.479 e. The molecule has 0 radical (unpaired) electrons. The minimum absolute atomic E-state index is 0.170. The molecule has 1 aromatic carbocycles. The van der Waals surface area contributed by atoms with E-state index < -0.39 is 28.6 Å². The Balaban J connectivity index is 2.76. The fourth-order valence-electron chi connectivity index (χ4n) is 1.20. The molecule has 0 aromatic heterocycles.